The van der Waals surface area contributed by atoms with E-state index in [0.717, 1.165) is 0 Å². The summed E-state index contributed by atoms with van der Waals surface area (Å²) in [5.41, 5.74) is 0.659. The Balaban J connectivity index is 2.87. The minimum absolute atomic E-state index is 0.209. The molecule has 1 N–H and O–H groups in total. The van der Waals surface area contributed by atoms with Crippen LogP contribution in [0, 0.1) is 0 Å². The first-order chi connectivity index (χ1) is 5.75. The number of rotatable bonds is 3. The summed E-state index contributed by atoms with van der Waals surface area (Å²) in [4.78, 5) is 0. The lowest BCUT2D eigenvalue weighted by atomic mass is 10.2. The van der Waals surface area contributed by atoms with Crippen LogP contribution < -0.4 is 0 Å². The predicted molar refractivity (Wildman–Crippen MR) is 52.5 cm³/mol. The molecule has 0 aromatic heterocycles. The largest absolute Gasteiger partial charge is 0.507 e. The fourth-order valence-electron chi connectivity index (χ4n) is 0.888. The summed E-state index contributed by atoms with van der Waals surface area (Å²) in [6, 6.07) is 6.99. The molecule has 0 aliphatic carbocycles. The Morgan fingerprint density at radius 3 is 2.75 bits per heavy atom. The van der Waals surface area contributed by atoms with E-state index in [1.807, 2.05) is 12.7 Å². The van der Waals surface area contributed by atoms with Crippen molar-refractivity contribution in [2.45, 2.75) is 0 Å². The first-order valence-electron chi connectivity index (χ1n) is 3.56. The van der Waals surface area contributed by atoms with Gasteiger partial charge in [0.25, 0.3) is 0 Å². The molecule has 1 rings (SSSR count). The first kappa shape index (κ1) is 9.08. The molecule has 0 aliphatic heterocycles. The van der Waals surface area contributed by atoms with Gasteiger partial charge in [0, 0.05) is 0 Å². The van der Waals surface area contributed by atoms with Gasteiger partial charge in [-0.2, -0.15) is 0 Å². The van der Waals surface area contributed by atoms with Crippen LogP contribution >= 0.6 is 8.81 Å². The Hall–Kier alpha value is -1.01. The van der Waals surface area contributed by atoms with Gasteiger partial charge in [-0.1, -0.05) is 18.7 Å². The van der Waals surface area contributed by atoms with Crippen LogP contribution in [-0.2, 0) is 4.52 Å². The van der Waals surface area contributed by atoms with Crippen molar-refractivity contribution in [3.05, 3.63) is 36.4 Å². The van der Waals surface area contributed by atoms with Gasteiger partial charge in [-0.05, 0) is 18.8 Å². The second-order valence-electron chi connectivity index (χ2n) is 2.25. The number of para-hydroxylation sites is 1. The van der Waals surface area contributed by atoms with E-state index in [2.05, 4.69) is 6.58 Å². The standard InChI is InChI=1S/C9H11O2P/c1-7(11-12-2)8-5-3-4-6-9(8)10/h3-6,10,12H,1H2,2H3. The van der Waals surface area contributed by atoms with Crippen molar-refractivity contribution in [3.63, 3.8) is 0 Å². The summed E-state index contributed by atoms with van der Waals surface area (Å²) in [6.45, 7) is 5.61. The van der Waals surface area contributed by atoms with Crippen molar-refractivity contribution in [3.8, 4) is 5.75 Å². The molecule has 0 spiro atoms. The zero-order valence-electron chi connectivity index (χ0n) is 6.87. The topological polar surface area (TPSA) is 29.5 Å². The Labute approximate surface area is 73.7 Å². The van der Waals surface area contributed by atoms with Crippen LogP contribution in [0.4, 0.5) is 0 Å². The van der Waals surface area contributed by atoms with E-state index >= 15 is 0 Å². The van der Waals surface area contributed by atoms with Crippen LogP contribution in [0.3, 0.4) is 0 Å². The van der Waals surface area contributed by atoms with Crippen molar-refractivity contribution in [2.75, 3.05) is 6.66 Å². The van der Waals surface area contributed by atoms with Gasteiger partial charge in [-0.3, -0.25) is 0 Å². The van der Waals surface area contributed by atoms with Gasteiger partial charge >= 0.3 is 0 Å². The summed E-state index contributed by atoms with van der Waals surface area (Å²) in [7, 11) is 0.349. The molecule has 0 aliphatic rings. The number of aromatic hydroxyl groups is 1. The highest BCUT2D eigenvalue weighted by molar-refractivity contribution is 7.31. The van der Waals surface area contributed by atoms with Crippen LogP contribution in [0.25, 0.3) is 5.76 Å². The lowest BCUT2D eigenvalue weighted by Crippen LogP contribution is -1.82. The summed E-state index contributed by atoms with van der Waals surface area (Å²) in [5, 5.41) is 9.37. The second-order valence-corrected chi connectivity index (χ2v) is 2.86. The highest BCUT2D eigenvalue weighted by atomic mass is 31.1. The molecular formula is C9H11O2P. The number of phenolic OH excluding ortho intramolecular Hbond substituents is 1. The molecule has 1 atom stereocenters. The van der Waals surface area contributed by atoms with E-state index in [9.17, 15) is 5.11 Å². The normalized spacial score (nSPS) is 10.4. The second kappa shape index (κ2) is 4.13. The van der Waals surface area contributed by atoms with E-state index < -0.39 is 0 Å². The van der Waals surface area contributed by atoms with Crippen LogP contribution in [0.5, 0.6) is 5.75 Å². The highest BCUT2D eigenvalue weighted by Gasteiger charge is 2.03. The number of phenols is 1. The van der Waals surface area contributed by atoms with Crippen molar-refractivity contribution >= 4 is 14.6 Å². The van der Waals surface area contributed by atoms with Gasteiger partial charge in [-0.15, -0.1) is 0 Å². The molecule has 3 heteroatoms. The maximum absolute atomic E-state index is 9.37. The molecule has 0 bridgehead atoms. The molecule has 64 valence electrons. The quantitative estimate of drug-likeness (QED) is 0.575. The molecule has 12 heavy (non-hydrogen) atoms. The summed E-state index contributed by atoms with van der Waals surface area (Å²) < 4.78 is 5.18. The Bertz CT molecular complexity index is 284. The third-order valence-corrected chi connectivity index (χ3v) is 1.88. The molecular weight excluding hydrogens is 171 g/mol. The molecule has 0 radical (unpaired) electrons. The Kier molecular flexibility index (Phi) is 3.12. The van der Waals surface area contributed by atoms with E-state index in [1.165, 1.54) is 0 Å². The third kappa shape index (κ3) is 1.99. The van der Waals surface area contributed by atoms with Gasteiger partial charge in [0.15, 0.2) is 0 Å². The molecule has 0 saturated carbocycles. The van der Waals surface area contributed by atoms with E-state index in [0.29, 0.717) is 20.1 Å². The van der Waals surface area contributed by atoms with Gasteiger partial charge in [0.2, 0.25) is 0 Å². The maximum Gasteiger partial charge on any atom is 0.126 e. The zero-order valence-corrected chi connectivity index (χ0v) is 7.87. The fraction of sp³-hybridized carbons (Fsp3) is 0.111. The fourth-order valence-corrected chi connectivity index (χ4v) is 1.24. The van der Waals surface area contributed by atoms with Crippen molar-refractivity contribution in [1.29, 1.82) is 0 Å². The van der Waals surface area contributed by atoms with Gasteiger partial charge < -0.3 is 9.63 Å². The average molecular weight is 182 g/mol. The molecule has 1 aromatic carbocycles. The summed E-state index contributed by atoms with van der Waals surface area (Å²) >= 11 is 0. The average Bonchev–Trinajstić information content (AvgIpc) is 2.05. The lowest BCUT2D eigenvalue weighted by molar-refractivity contribution is 0.468. The van der Waals surface area contributed by atoms with E-state index in [-0.39, 0.29) is 5.75 Å². The number of hydrogen-bond acceptors (Lipinski definition) is 2. The molecule has 0 saturated heterocycles. The van der Waals surface area contributed by atoms with Gasteiger partial charge in [0.05, 0.1) is 14.4 Å². The smallest absolute Gasteiger partial charge is 0.126 e. The van der Waals surface area contributed by atoms with E-state index in [4.69, 9.17) is 4.52 Å². The Morgan fingerprint density at radius 1 is 1.50 bits per heavy atom. The SMILES string of the molecule is C=C(OPC)c1ccccc1O. The molecule has 0 amide bonds. The monoisotopic (exact) mass is 182 g/mol. The van der Waals surface area contributed by atoms with Gasteiger partial charge in [0.1, 0.15) is 11.5 Å². The minimum Gasteiger partial charge on any atom is -0.507 e. The van der Waals surface area contributed by atoms with Crippen LogP contribution in [0.1, 0.15) is 5.56 Å². The van der Waals surface area contributed by atoms with Crippen LogP contribution in [0.2, 0.25) is 0 Å². The van der Waals surface area contributed by atoms with Crippen molar-refractivity contribution in [2.24, 2.45) is 0 Å². The molecule has 1 unspecified atom stereocenters. The zero-order chi connectivity index (χ0) is 8.97. The number of hydrogen-bond donors (Lipinski definition) is 1. The van der Waals surface area contributed by atoms with Crippen LogP contribution in [-0.4, -0.2) is 11.8 Å². The maximum atomic E-state index is 9.37. The minimum atomic E-state index is 0.209. The van der Waals surface area contributed by atoms with Crippen molar-refractivity contribution < 1.29 is 9.63 Å². The van der Waals surface area contributed by atoms with Crippen molar-refractivity contribution in [1.82, 2.24) is 0 Å². The molecule has 1 aromatic rings. The summed E-state index contributed by atoms with van der Waals surface area (Å²) in [5.74, 6) is 0.731. The highest BCUT2D eigenvalue weighted by Crippen LogP contribution is 2.27. The Morgan fingerprint density at radius 2 is 2.17 bits per heavy atom. The molecule has 0 fully saturated rings. The predicted octanol–water partition coefficient (Wildman–Crippen LogP) is 2.60. The van der Waals surface area contributed by atoms with Gasteiger partial charge in [-0.25, -0.2) is 0 Å². The van der Waals surface area contributed by atoms with Crippen LogP contribution in [0.15, 0.2) is 30.8 Å². The number of benzene rings is 1. The summed E-state index contributed by atoms with van der Waals surface area (Å²) in [6.07, 6.45) is 0. The lowest BCUT2D eigenvalue weighted by Gasteiger charge is -2.07. The third-order valence-electron chi connectivity index (χ3n) is 1.43. The molecule has 2 nitrogen and oxygen atoms in total. The van der Waals surface area contributed by atoms with E-state index in [1.54, 1.807) is 18.2 Å². The molecule has 0 heterocycles. The first-order valence-corrected chi connectivity index (χ1v) is 4.97.